The molecule has 0 radical (unpaired) electrons. The molecule has 3 aliphatic rings. The average Bonchev–Trinajstić information content (AvgIpc) is 3.34. The molecule has 2 heterocycles. The summed E-state index contributed by atoms with van der Waals surface area (Å²) in [5.41, 5.74) is 4.37. The van der Waals surface area contributed by atoms with E-state index >= 15 is 0 Å². The number of H-pyrrole nitrogens is 1. The first-order chi connectivity index (χ1) is 14.2. The van der Waals surface area contributed by atoms with E-state index < -0.39 is 0 Å². The lowest BCUT2D eigenvalue weighted by Crippen LogP contribution is -2.35. The van der Waals surface area contributed by atoms with E-state index in [4.69, 9.17) is 5.10 Å². The zero-order valence-electron chi connectivity index (χ0n) is 17.0. The van der Waals surface area contributed by atoms with Crippen LogP contribution < -0.4 is 10.9 Å². The first kappa shape index (κ1) is 18.6. The maximum absolute atomic E-state index is 13.0. The lowest BCUT2D eigenvalue weighted by atomic mass is 9.93. The van der Waals surface area contributed by atoms with Gasteiger partial charge in [-0.15, -0.1) is 0 Å². The Morgan fingerprint density at radius 3 is 2.66 bits per heavy atom. The predicted octanol–water partition coefficient (Wildman–Crippen LogP) is 3.76. The van der Waals surface area contributed by atoms with Crippen LogP contribution in [0.5, 0.6) is 0 Å². The number of carbonyl (C=O) groups is 1. The number of aromatic nitrogens is 3. The monoisotopic (exact) mass is 394 g/mol. The number of nitrogens with one attached hydrogen (secondary N) is 2. The highest BCUT2D eigenvalue weighted by molar-refractivity contribution is 5.94. The largest absolute Gasteiger partial charge is 0.343 e. The number of hydrogen-bond donors (Lipinski definition) is 2. The molecule has 6 heteroatoms. The molecule has 0 bridgehead atoms. The van der Waals surface area contributed by atoms with Gasteiger partial charge < -0.3 is 10.3 Å². The molecule has 6 nitrogen and oxygen atoms in total. The van der Waals surface area contributed by atoms with Crippen LogP contribution >= 0.6 is 0 Å². The van der Waals surface area contributed by atoms with Crippen LogP contribution in [0.25, 0.3) is 0 Å². The van der Waals surface area contributed by atoms with Crippen LogP contribution in [0.3, 0.4) is 0 Å². The number of fused-ring (bicyclic) bond motifs is 2. The number of nitrogens with zero attached hydrogens (tertiary/aromatic N) is 2. The minimum atomic E-state index is -0.272. The summed E-state index contributed by atoms with van der Waals surface area (Å²) < 4.78 is 2.14. The van der Waals surface area contributed by atoms with Crippen LogP contribution in [-0.4, -0.2) is 20.7 Å². The first-order valence-corrected chi connectivity index (χ1v) is 11.3. The summed E-state index contributed by atoms with van der Waals surface area (Å²) in [5, 5.41) is 8.01. The minimum absolute atomic E-state index is 0.105. The van der Waals surface area contributed by atoms with Gasteiger partial charge in [0.15, 0.2) is 0 Å². The SMILES string of the molecule is O=C(NC1CCCc2cn(C3CCCC3)nc21)c1cc2c([nH]c1=O)CCCCC2. The van der Waals surface area contributed by atoms with Crippen LogP contribution in [0, 0.1) is 0 Å². The third kappa shape index (κ3) is 3.65. The average molecular weight is 395 g/mol. The molecule has 1 atom stereocenters. The molecule has 1 amide bonds. The maximum atomic E-state index is 13.0. The molecule has 29 heavy (non-hydrogen) atoms. The number of amides is 1. The van der Waals surface area contributed by atoms with Gasteiger partial charge in [0.1, 0.15) is 5.56 Å². The Morgan fingerprint density at radius 1 is 1.00 bits per heavy atom. The lowest BCUT2D eigenvalue weighted by molar-refractivity contribution is 0.0930. The van der Waals surface area contributed by atoms with Gasteiger partial charge in [-0.05, 0) is 75.0 Å². The van der Waals surface area contributed by atoms with E-state index in [9.17, 15) is 9.59 Å². The van der Waals surface area contributed by atoms with Gasteiger partial charge in [0.25, 0.3) is 11.5 Å². The molecule has 1 saturated carbocycles. The molecule has 2 aromatic heterocycles. The van der Waals surface area contributed by atoms with Crippen molar-refractivity contribution in [3.05, 3.63) is 50.7 Å². The Bertz CT molecular complexity index is 968. The summed E-state index contributed by atoms with van der Waals surface area (Å²) in [6.07, 6.45) is 15.3. The van der Waals surface area contributed by atoms with Crippen molar-refractivity contribution in [2.45, 2.75) is 89.1 Å². The molecule has 5 rings (SSSR count). The molecule has 3 aliphatic carbocycles. The van der Waals surface area contributed by atoms with Gasteiger partial charge in [0, 0.05) is 11.9 Å². The topological polar surface area (TPSA) is 79.8 Å². The van der Waals surface area contributed by atoms with Gasteiger partial charge in [-0.1, -0.05) is 19.3 Å². The van der Waals surface area contributed by atoms with E-state index in [1.165, 1.54) is 37.7 Å². The van der Waals surface area contributed by atoms with Gasteiger partial charge >= 0.3 is 0 Å². The number of rotatable bonds is 3. The van der Waals surface area contributed by atoms with Crippen molar-refractivity contribution in [3.63, 3.8) is 0 Å². The Balaban J connectivity index is 1.38. The predicted molar refractivity (Wildman–Crippen MR) is 111 cm³/mol. The van der Waals surface area contributed by atoms with Crippen molar-refractivity contribution < 1.29 is 4.79 Å². The number of aryl methyl sites for hydroxylation is 3. The summed E-state index contributed by atoms with van der Waals surface area (Å²) in [6, 6.07) is 2.23. The molecule has 0 saturated heterocycles. The lowest BCUT2D eigenvalue weighted by Gasteiger charge is -2.22. The molecule has 154 valence electrons. The number of carbonyl (C=O) groups excluding carboxylic acids is 1. The molecule has 2 N–H and O–H groups in total. The van der Waals surface area contributed by atoms with Crippen molar-refractivity contribution in [1.82, 2.24) is 20.1 Å². The molecule has 0 aromatic carbocycles. The van der Waals surface area contributed by atoms with Crippen LogP contribution in [0.1, 0.15) is 103 Å². The summed E-state index contributed by atoms with van der Waals surface area (Å²) in [4.78, 5) is 28.6. The molecule has 1 unspecified atom stereocenters. The van der Waals surface area contributed by atoms with Crippen LogP contribution in [0.2, 0.25) is 0 Å². The second-order valence-electron chi connectivity index (χ2n) is 8.95. The molecular weight excluding hydrogens is 364 g/mol. The van der Waals surface area contributed by atoms with Crippen molar-refractivity contribution in [3.8, 4) is 0 Å². The molecular formula is C23H30N4O2. The minimum Gasteiger partial charge on any atom is -0.343 e. The van der Waals surface area contributed by atoms with Gasteiger partial charge in [0.2, 0.25) is 0 Å². The zero-order chi connectivity index (χ0) is 19.8. The van der Waals surface area contributed by atoms with Gasteiger partial charge in [-0.3, -0.25) is 14.3 Å². The summed E-state index contributed by atoms with van der Waals surface area (Å²) in [5.74, 6) is -0.272. The number of aromatic amines is 1. The Labute approximate surface area is 171 Å². The Hall–Kier alpha value is -2.37. The summed E-state index contributed by atoms with van der Waals surface area (Å²) in [7, 11) is 0. The maximum Gasteiger partial charge on any atom is 0.261 e. The molecule has 0 aliphatic heterocycles. The van der Waals surface area contributed by atoms with Crippen molar-refractivity contribution in [2.75, 3.05) is 0 Å². The fourth-order valence-corrected chi connectivity index (χ4v) is 5.32. The van der Waals surface area contributed by atoms with Crippen molar-refractivity contribution in [1.29, 1.82) is 0 Å². The highest BCUT2D eigenvalue weighted by Crippen LogP contribution is 2.34. The van der Waals surface area contributed by atoms with Gasteiger partial charge in [-0.2, -0.15) is 5.10 Å². The Kier molecular flexibility index (Phi) is 5.02. The fraction of sp³-hybridized carbons (Fsp3) is 0.609. The molecule has 1 fully saturated rings. The highest BCUT2D eigenvalue weighted by Gasteiger charge is 2.29. The van der Waals surface area contributed by atoms with E-state index in [2.05, 4.69) is 21.2 Å². The molecule has 0 spiro atoms. The smallest absolute Gasteiger partial charge is 0.261 e. The second kappa shape index (κ2) is 7.81. The quantitative estimate of drug-likeness (QED) is 0.778. The van der Waals surface area contributed by atoms with E-state index in [1.54, 1.807) is 0 Å². The molecule has 2 aromatic rings. The van der Waals surface area contributed by atoms with E-state index in [0.717, 1.165) is 61.9 Å². The number of hydrogen-bond acceptors (Lipinski definition) is 3. The van der Waals surface area contributed by atoms with Crippen molar-refractivity contribution >= 4 is 5.91 Å². The van der Waals surface area contributed by atoms with E-state index in [0.29, 0.717) is 6.04 Å². The first-order valence-electron chi connectivity index (χ1n) is 11.3. The Morgan fingerprint density at radius 2 is 1.79 bits per heavy atom. The number of pyridine rings is 1. The highest BCUT2D eigenvalue weighted by atomic mass is 16.2. The normalized spacial score (nSPS) is 22.0. The zero-order valence-corrected chi connectivity index (χ0v) is 17.0. The summed E-state index contributed by atoms with van der Waals surface area (Å²) in [6.45, 7) is 0. The van der Waals surface area contributed by atoms with Crippen LogP contribution in [0.4, 0.5) is 0 Å². The fourth-order valence-electron chi connectivity index (χ4n) is 5.32. The standard InChI is InChI=1S/C23H30N4O2/c28-22-18(13-15-7-2-1-3-11-19(15)24-22)23(29)25-20-12-6-8-16-14-27(26-21(16)20)17-9-4-5-10-17/h13-14,17,20H,1-12H2,(H,24,28)(H,25,29). The van der Waals surface area contributed by atoms with E-state index in [-0.39, 0.29) is 23.1 Å². The van der Waals surface area contributed by atoms with Gasteiger partial charge in [-0.25, -0.2) is 0 Å². The van der Waals surface area contributed by atoms with Crippen LogP contribution in [0.15, 0.2) is 17.1 Å². The van der Waals surface area contributed by atoms with Crippen molar-refractivity contribution in [2.24, 2.45) is 0 Å². The van der Waals surface area contributed by atoms with Gasteiger partial charge in [0.05, 0.1) is 17.8 Å². The van der Waals surface area contributed by atoms with E-state index in [1.807, 2.05) is 6.07 Å². The third-order valence-corrected chi connectivity index (χ3v) is 6.95. The second-order valence-corrected chi connectivity index (χ2v) is 8.95. The third-order valence-electron chi connectivity index (χ3n) is 6.95. The summed E-state index contributed by atoms with van der Waals surface area (Å²) >= 11 is 0. The van der Waals surface area contributed by atoms with Crippen LogP contribution in [-0.2, 0) is 19.3 Å².